The van der Waals surface area contributed by atoms with Gasteiger partial charge >= 0.3 is 0 Å². The third-order valence-corrected chi connectivity index (χ3v) is 5.24. The summed E-state index contributed by atoms with van der Waals surface area (Å²) in [7, 11) is 0. The first kappa shape index (κ1) is 20.8. The molecule has 0 spiro atoms. The number of ketones is 2. The van der Waals surface area contributed by atoms with Gasteiger partial charge in [0.25, 0.3) is 0 Å². The Hall–Kier alpha value is -2.90. The predicted octanol–water partition coefficient (Wildman–Crippen LogP) is 4.42. The maximum Gasteiger partial charge on any atom is 0.198 e. The molecule has 3 rings (SSSR count). The summed E-state index contributed by atoms with van der Waals surface area (Å²) in [6, 6.07) is 9.81. The van der Waals surface area contributed by atoms with Gasteiger partial charge in [0, 0.05) is 16.7 Å². The number of hydrogen-bond donors (Lipinski definition) is 1. The molecule has 0 atom stereocenters. The molecular formula is C25H27NO3. The quantitative estimate of drug-likeness (QED) is 0.608. The molecule has 0 fully saturated rings. The number of aromatic hydroxyl groups is 1. The van der Waals surface area contributed by atoms with E-state index >= 15 is 0 Å². The minimum Gasteiger partial charge on any atom is -0.507 e. The molecule has 0 radical (unpaired) electrons. The molecule has 0 heterocycles. The number of carbonyl (C=O) groups is 2. The summed E-state index contributed by atoms with van der Waals surface area (Å²) < 4.78 is 0. The highest BCUT2D eigenvalue weighted by Gasteiger charge is 2.33. The Morgan fingerprint density at radius 2 is 1.45 bits per heavy atom. The van der Waals surface area contributed by atoms with Crippen molar-refractivity contribution in [1.82, 2.24) is 4.90 Å². The van der Waals surface area contributed by atoms with Crippen LogP contribution in [0.5, 0.6) is 5.75 Å². The molecule has 29 heavy (non-hydrogen) atoms. The van der Waals surface area contributed by atoms with Gasteiger partial charge in [0.2, 0.25) is 0 Å². The van der Waals surface area contributed by atoms with E-state index in [0.717, 1.165) is 38.8 Å². The fraction of sp³-hybridized carbons (Fsp3) is 0.360. The lowest BCUT2D eigenvalue weighted by Gasteiger charge is -2.20. The van der Waals surface area contributed by atoms with E-state index in [9.17, 15) is 14.7 Å². The van der Waals surface area contributed by atoms with Gasteiger partial charge in [-0.3, -0.25) is 14.5 Å². The summed E-state index contributed by atoms with van der Waals surface area (Å²) in [4.78, 5) is 28.3. The average molecular weight is 389 g/mol. The third-order valence-electron chi connectivity index (χ3n) is 5.24. The molecule has 2 aromatic rings. The molecule has 1 aliphatic rings. The van der Waals surface area contributed by atoms with Crippen LogP contribution in [0.2, 0.25) is 0 Å². The number of phenols is 1. The molecule has 1 N–H and O–H groups in total. The Morgan fingerprint density at radius 3 is 2.03 bits per heavy atom. The van der Waals surface area contributed by atoms with Gasteiger partial charge in [-0.1, -0.05) is 62.8 Å². The zero-order valence-electron chi connectivity index (χ0n) is 17.1. The molecule has 0 saturated carbocycles. The van der Waals surface area contributed by atoms with Crippen molar-refractivity contribution in [2.24, 2.45) is 0 Å². The average Bonchev–Trinajstić information content (AvgIpc) is 2.74. The molecule has 0 aliphatic heterocycles. The predicted molar refractivity (Wildman–Crippen MR) is 115 cm³/mol. The van der Waals surface area contributed by atoms with Gasteiger partial charge in [-0.2, -0.15) is 0 Å². The lowest BCUT2D eigenvalue weighted by atomic mass is 9.81. The summed E-state index contributed by atoms with van der Waals surface area (Å²) >= 11 is 0. The van der Waals surface area contributed by atoms with Crippen molar-refractivity contribution < 1.29 is 14.7 Å². The van der Waals surface area contributed by atoms with E-state index < -0.39 is 0 Å². The molecular weight excluding hydrogens is 362 g/mol. The lowest BCUT2D eigenvalue weighted by molar-refractivity contribution is 0.0976. The van der Waals surface area contributed by atoms with Crippen molar-refractivity contribution in [2.45, 2.75) is 39.5 Å². The zero-order chi connectivity index (χ0) is 20.8. The normalized spacial score (nSPS) is 12.4. The molecule has 150 valence electrons. The van der Waals surface area contributed by atoms with E-state index in [1.165, 1.54) is 6.07 Å². The first-order valence-electron chi connectivity index (χ1n) is 10.3. The molecule has 0 unspecified atom stereocenters. The minimum absolute atomic E-state index is 0.0642. The number of benzene rings is 2. The summed E-state index contributed by atoms with van der Waals surface area (Å²) in [5, 5.41) is 10.3. The second-order valence-electron chi connectivity index (χ2n) is 7.37. The van der Waals surface area contributed by atoms with Gasteiger partial charge in [0.05, 0.1) is 17.7 Å². The van der Waals surface area contributed by atoms with E-state index in [-0.39, 0.29) is 28.4 Å². The van der Waals surface area contributed by atoms with Crippen molar-refractivity contribution in [2.75, 3.05) is 19.6 Å². The Kier molecular flexibility index (Phi) is 6.85. The lowest BCUT2D eigenvalue weighted by Crippen LogP contribution is -2.26. The summed E-state index contributed by atoms with van der Waals surface area (Å²) in [5.74, 6) is 5.50. The molecule has 0 amide bonds. The van der Waals surface area contributed by atoms with Gasteiger partial charge in [0.1, 0.15) is 5.75 Å². The van der Waals surface area contributed by atoms with Crippen molar-refractivity contribution in [3.8, 4) is 17.6 Å². The van der Waals surface area contributed by atoms with Gasteiger partial charge in [-0.05, 0) is 38.1 Å². The summed E-state index contributed by atoms with van der Waals surface area (Å²) in [6.07, 6.45) is 4.53. The monoisotopic (exact) mass is 389 g/mol. The third kappa shape index (κ3) is 4.41. The van der Waals surface area contributed by atoms with E-state index in [4.69, 9.17) is 0 Å². The molecule has 4 nitrogen and oxygen atoms in total. The number of unbranched alkanes of at least 4 members (excludes halogenated alkanes) is 2. The minimum atomic E-state index is -0.330. The van der Waals surface area contributed by atoms with Crippen LogP contribution in [0.15, 0.2) is 36.4 Å². The summed E-state index contributed by atoms with van der Waals surface area (Å²) in [6.45, 7) is 6.97. The van der Waals surface area contributed by atoms with E-state index in [0.29, 0.717) is 23.2 Å². The van der Waals surface area contributed by atoms with Crippen molar-refractivity contribution in [3.63, 3.8) is 0 Å². The van der Waals surface area contributed by atoms with E-state index in [1.54, 1.807) is 30.3 Å². The summed E-state index contributed by atoms with van der Waals surface area (Å²) in [5.41, 5.74) is 1.47. The van der Waals surface area contributed by atoms with Crippen molar-refractivity contribution >= 4 is 11.6 Å². The molecule has 0 aromatic heterocycles. The van der Waals surface area contributed by atoms with Gasteiger partial charge in [0.15, 0.2) is 11.6 Å². The van der Waals surface area contributed by atoms with Crippen LogP contribution in [-0.2, 0) is 0 Å². The van der Waals surface area contributed by atoms with Crippen LogP contribution in [-0.4, -0.2) is 41.2 Å². The van der Waals surface area contributed by atoms with Crippen LogP contribution in [0.25, 0.3) is 0 Å². The highest BCUT2D eigenvalue weighted by Crippen LogP contribution is 2.34. The Morgan fingerprint density at radius 1 is 0.862 bits per heavy atom. The molecule has 2 aromatic carbocycles. The van der Waals surface area contributed by atoms with Gasteiger partial charge < -0.3 is 5.11 Å². The number of phenolic OH excluding ortho intramolecular Hbond substituents is 1. The highest BCUT2D eigenvalue weighted by atomic mass is 16.3. The molecule has 1 aliphatic carbocycles. The fourth-order valence-electron chi connectivity index (χ4n) is 3.59. The smallest absolute Gasteiger partial charge is 0.198 e. The number of carbonyl (C=O) groups excluding carboxylic acids is 2. The topological polar surface area (TPSA) is 57.6 Å². The van der Waals surface area contributed by atoms with E-state index in [1.807, 2.05) is 0 Å². The second-order valence-corrected chi connectivity index (χ2v) is 7.37. The van der Waals surface area contributed by atoms with Gasteiger partial charge in [-0.25, -0.2) is 0 Å². The molecule has 0 bridgehead atoms. The van der Waals surface area contributed by atoms with Crippen LogP contribution in [0.1, 0.15) is 76.9 Å². The fourth-order valence-corrected chi connectivity index (χ4v) is 3.59. The van der Waals surface area contributed by atoms with Crippen LogP contribution < -0.4 is 0 Å². The number of fused-ring (bicyclic) bond motifs is 2. The first-order chi connectivity index (χ1) is 14.1. The van der Waals surface area contributed by atoms with Crippen LogP contribution in [0.4, 0.5) is 0 Å². The van der Waals surface area contributed by atoms with Crippen LogP contribution in [0, 0.1) is 11.8 Å². The highest BCUT2D eigenvalue weighted by molar-refractivity contribution is 6.30. The number of rotatable bonds is 7. The molecule has 4 heteroatoms. The largest absolute Gasteiger partial charge is 0.507 e. The SMILES string of the molecule is CCCCN(CC#Cc1ccc(O)c2c1C(=O)c1ccccc1C2=O)CCCC. The van der Waals surface area contributed by atoms with Crippen molar-refractivity contribution in [1.29, 1.82) is 0 Å². The second kappa shape index (κ2) is 9.54. The van der Waals surface area contributed by atoms with E-state index in [2.05, 4.69) is 30.6 Å². The number of nitrogens with zero attached hydrogens (tertiary/aromatic N) is 1. The first-order valence-corrected chi connectivity index (χ1v) is 10.3. The molecule has 0 saturated heterocycles. The maximum atomic E-state index is 13.1. The van der Waals surface area contributed by atoms with Gasteiger partial charge in [-0.15, -0.1) is 0 Å². The Bertz CT molecular complexity index is 973. The standard InChI is InChI=1S/C25H27NO3/c1-3-5-15-26(16-6-4-2)17-9-10-18-13-14-21(27)23-22(18)24(28)19-11-7-8-12-20(19)25(23)29/h7-8,11-14,27H,3-6,15-17H2,1-2H3. The number of hydrogen-bond acceptors (Lipinski definition) is 4. The van der Waals surface area contributed by atoms with Crippen molar-refractivity contribution in [3.05, 3.63) is 64.2 Å². The Labute approximate surface area is 172 Å². The zero-order valence-corrected chi connectivity index (χ0v) is 17.1. The van der Waals surface area contributed by atoms with Crippen LogP contribution in [0.3, 0.4) is 0 Å². The maximum absolute atomic E-state index is 13.1. The Balaban J connectivity index is 1.92. The van der Waals surface area contributed by atoms with Crippen LogP contribution >= 0.6 is 0 Å².